The van der Waals surface area contributed by atoms with E-state index < -0.39 is 204 Å². The van der Waals surface area contributed by atoms with E-state index in [0.29, 0.717) is 0 Å². The second kappa shape index (κ2) is 23.2. The van der Waals surface area contributed by atoms with E-state index in [1.807, 2.05) is 0 Å². The van der Waals surface area contributed by atoms with Crippen LogP contribution in [0, 0.1) is 0 Å². The average molecular weight is 952 g/mol. The Balaban J connectivity index is 1.50. The van der Waals surface area contributed by atoms with Crippen LogP contribution in [0.15, 0.2) is 0 Å². The monoisotopic (exact) mass is 951 g/mol. The molecule has 5 aliphatic rings. The number of hydrogen-bond donors (Lipinski definition) is 17. The summed E-state index contributed by atoms with van der Waals surface area (Å²) in [6.45, 7) is -1.30. The van der Waals surface area contributed by atoms with Crippen LogP contribution in [0.2, 0.25) is 0 Å². The molecule has 0 radical (unpaired) electrons. The molecule has 0 saturated carbocycles. The number of hydrogen-bond acceptors (Lipinski definition) is 26. The van der Waals surface area contributed by atoms with Crippen LogP contribution in [-0.2, 0) is 57.0 Å². The first-order valence-corrected chi connectivity index (χ1v) is 20.6. The van der Waals surface area contributed by atoms with Crippen molar-refractivity contribution < 1.29 is 129 Å². The zero-order chi connectivity index (χ0) is 48.2. The Morgan fingerprint density at radius 1 is 0.400 bits per heavy atom. The zero-order valence-corrected chi connectivity index (χ0v) is 35.1. The topological polar surface area (TPSA) is 454 Å². The minimum Gasteiger partial charge on any atom is -0.394 e. The third kappa shape index (κ3) is 12.0. The summed E-state index contributed by atoms with van der Waals surface area (Å²) in [5, 5.41) is 156. The molecule has 5 heterocycles. The molecule has 3 amide bonds. The lowest BCUT2D eigenvalue weighted by Gasteiger charge is -2.50. The first kappa shape index (κ1) is 53.4. The van der Waals surface area contributed by atoms with Gasteiger partial charge in [0.15, 0.2) is 31.5 Å². The number of nitrogens with one attached hydrogen (secondary N) is 3. The van der Waals surface area contributed by atoms with Gasteiger partial charge in [-0.2, -0.15) is 0 Å². The molecule has 5 saturated heterocycles. The van der Waals surface area contributed by atoms with E-state index in [4.69, 9.17) is 42.6 Å². The lowest BCUT2D eigenvalue weighted by atomic mass is 9.94. The number of aliphatic hydroxyl groups excluding tert-OH is 14. The van der Waals surface area contributed by atoms with Crippen LogP contribution >= 0.6 is 0 Å². The number of ether oxygens (including phenoxy) is 9. The summed E-state index contributed by atoms with van der Waals surface area (Å²) in [5.74, 6) is -2.31. The molecule has 376 valence electrons. The smallest absolute Gasteiger partial charge is 0.217 e. The fourth-order valence-electron chi connectivity index (χ4n) is 8.13. The molecule has 29 heteroatoms. The Labute approximate surface area is 369 Å². The standard InChI is InChI=1S/C36H61N3O26/c1-9(44)37-17-25(52)20(47)12(4-40)59-33(17)57-8-16-24(51)31(28(55)36(62-16)63-29-18(38-10(2)45)32(56)58-14(6-42)22(29)49)65-34-19(39-11(3)46)30(23(50)15(7-43)60-34)64-35-27(54)26(53)21(48)13(5-41)61-35/h12-36,40-43,47-56H,4-8H2,1-3H3,(H,37,44)(H,38,45)(H,39,46)/t12-,13-,14-,15-,16-,17-,18-,19-,20-,21+,22+,23-,24+,25-,26+,27-,28-,29-,30-,31+,32?,33-,34+,35+,36+/m1/s1. The SMILES string of the molecule is CC(=O)N[C@H]1[C@H](OC[C@H]2O[C@@H](O[C@H]3[C@@H](O)[C@@H](CO)OC(O)[C@@H]3NC(C)=O)[C@H](O)[C@@H](O[C@@H]3O[C@H](CO)[C@@H](O)[C@H](O[C@@H]4O[C@H](CO)[C@H](O)[C@H](O)[C@H]4O)[C@H]3NC(C)=O)[C@H]2O)O[C@H](CO)[C@@H](O)[C@@H]1O. The number of carbonyl (C=O) groups excluding carboxylic acids is 3. The Morgan fingerprint density at radius 2 is 0.785 bits per heavy atom. The second-order valence-electron chi connectivity index (χ2n) is 16.2. The highest BCUT2D eigenvalue weighted by molar-refractivity contribution is 5.74. The van der Waals surface area contributed by atoms with Gasteiger partial charge in [-0.3, -0.25) is 14.4 Å². The second-order valence-corrected chi connectivity index (χ2v) is 16.2. The Bertz CT molecular complexity index is 1560. The third-order valence-corrected chi connectivity index (χ3v) is 11.5. The van der Waals surface area contributed by atoms with Gasteiger partial charge in [0.25, 0.3) is 0 Å². The van der Waals surface area contributed by atoms with E-state index in [9.17, 15) is 85.9 Å². The first-order valence-electron chi connectivity index (χ1n) is 20.6. The van der Waals surface area contributed by atoms with Crippen molar-refractivity contribution in [2.75, 3.05) is 33.0 Å². The third-order valence-electron chi connectivity index (χ3n) is 11.5. The van der Waals surface area contributed by atoms with Gasteiger partial charge >= 0.3 is 0 Å². The molecule has 0 aromatic rings. The molecular formula is C36H61N3O26. The van der Waals surface area contributed by atoms with Crippen LogP contribution in [0.1, 0.15) is 20.8 Å². The molecule has 25 atom stereocenters. The van der Waals surface area contributed by atoms with Gasteiger partial charge in [-0.1, -0.05) is 0 Å². The maximum Gasteiger partial charge on any atom is 0.217 e. The molecule has 5 aliphatic heterocycles. The van der Waals surface area contributed by atoms with Crippen molar-refractivity contribution in [3.63, 3.8) is 0 Å². The number of carbonyl (C=O) groups is 3. The molecule has 0 aromatic carbocycles. The van der Waals surface area contributed by atoms with Gasteiger partial charge in [-0.25, -0.2) is 0 Å². The Morgan fingerprint density at radius 3 is 1.32 bits per heavy atom. The average Bonchev–Trinajstić information content (AvgIpc) is 3.25. The van der Waals surface area contributed by atoms with Crippen molar-refractivity contribution in [2.45, 2.75) is 174 Å². The minimum atomic E-state index is -2.22. The van der Waals surface area contributed by atoms with E-state index in [0.717, 1.165) is 20.8 Å². The maximum atomic E-state index is 12.6. The molecule has 29 nitrogen and oxygen atoms in total. The first-order chi connectivity index (χ1) is 30.7. The number of amides is 3. The molecule has 17 N–H and O–H groups in total. The summed E-state index contributed by atoms with van der Waals surface area (Å²) in [7, 11) is 0. The van der Waals surface area contributed by atoms with Crippen LogP contribution in [0.5, 0.6) is 0 Å². The highest BCUT2D eigenvalue weighted by Gasteiger charge is 2.57. The van der Waals surface area contributed by atoms with Crippen molar-refractivity contribution in [3.8, 4) is 0 Å². The fraction of sp³-hybridized carbons (Fsp3) is 0.917. The molecule has 5 fully saturated rings. The van der Waals surface area contributed by atoms with Crippen molar-refractivity contribution in [1.29, 1.82) is 0 Å². The summed E-state index contributed by atoms with van der Waals surface area (Å²) >= 11 is 0. The van der Waals surface area contributed by atoms with Gasteiger partial charge in [0.05, 0.1) is 33.0 Å². The zero-order valence-electron chi connectivity index (χ0n) is 35.1. The number of rotatable bonds is 16. The van der Waals surface area contributed by atoms with E-state index in [1.54, 1.807) is 0 Å². The van der Waals surface area contributed by atoms with Gasteiger partial charge in [-0.05, 0) is 0 Å². The van der Waals surface area contributed by atoms with Gasteiger partial charge < -0.3 is 130 Å². The summed E-state index contributed by atoms with van der Waals surface area (Å²) in [5.41, 5.74) is 0. The van der Waals surface area contributed by atoms with Crippen molar-refractivity contribution in [2.24, 2.45) is 0 Å². The summed E-state index contributed by atoms with van der Waals surface area (Å²) in [6.07, 6.45) is -40.7. The maximum absolute atomic E-state index is 12.6. The highest BCUT2D eigenvalue weighted by Crippen LogP contribution is 2.35. The number of aliphatic hydroxyl groups is 14. The van der Waals surface area contributed by atoms with E-state index >= 15 is 0 Å². The normalized spacial score (nSPS) is 47.1. The molecule has 65 heavy (non-hydrogen) atoms. The highest BCUT2D eigenvalue weighted by atomic mass is 16.8. The van der Waals surface area contributed by atoms with Crippen LogP contribution in [-0.4, -0.2) is 276 Å². The van der Waals surface area contributed by atoms with Crippen molar-refractivity contribution >= 4 is 17.7 Å². The predicted molar refractivity (Wildman–Crippen MR) is 201 cm³/mol. The quantitative estimate of drug-likeness (QED) is 0.0683. The van der Waals surface area contributed by atoms with E-state index in [1.165, 1.54) is 0 Å². The Kier molecular flexibility index (Phi) is 19.1. The lowest BCUT2D eigenvalue weighted by Crippen LogP contribution is -2.70. The van der Waals surface area contributed by atoms with Crippen molar-refractivity contribution in [1.82, 2.24) is 16.0 Å². The van der Waals surface area contributed by atoms with Crippen LogP contribution in [0.4, 0.5) is 0 Å². The molecule has 1 unspecified atom stereocenters. The molecule has 0 aliphatic carbocycles. The largest absolute Gasteiger partial charge is 0.394 e. The van der Waals surface area contributed by atoms with Gasteiger partial charge in [0.1, 0.15) is 122 Å². The molecule has 0 bridgehead atoms. The fourth-order valence-corrected chi connectivity index (χ4v) is 8.13. The van der Waals surface area contributed by atoms with Crippen molar-refractivity contribution in [3.05, 3.63) is 0 Å². The molecule has 5 rings (SSSR count). The molecule has 0 aromatic heterocycles. The van der Waals surface area contributed by atoms with E-state index in [2.05, 4.69) is 16.0 Å². The van der Waals surface area contributed by atoms with Crippen LogP contribution < -0.4 is 16.0 Å². The van der Waals surface area contributed by atoms with Gasteiger partial charge in [0.2, 0.25) is 17.7 Å². The van der Waals surface area contributed by atoms with Gasteiger partial charge in [-0.15, -0.1) is 0 Å². The minimum absolute atomic E-state index is 0.714. The Hall–Kier alpha value is -2.51. The lowest BCUT2D eigenvalue weighted by molar-refractivity contribution is -0.378. The molecule has 0 spiro atoms. The van der Waals surface area contributed by atoms with Crippen LogP contribution in [0.3, 0.4) is 0 Å². The molecular weight excluding hydrogens is 890 g/mol. The van der Waals surface area contributed by atoms with Gasteiger partial charge in [0, 0.05) is 20.8 Å². The summed E-state index contributed by atoms with van der Waals surface area (Å²) < 4.78 is 51.7. The van der Waals surface area contributed by atoms with Crippen LogP contribution in [0.25, 0.3) is 0 Å². The predicted octanol–water partition coefficient (Wildman–Crippen LogP) is -11.5. The summed E-state index contributed by atoms with van der Waals surface area (Å²) in [6, 6.07) is -4.86. The van der Waals surface area contributed by atoms with E-state index in [-0.39, 0.29) is 0 Å². The summed E-state index contributed by atoms with van der Waals surface area (Å²) in [4.78, 5) is 36.9.